The summed E-state index contributed by atoms with van der Waals surface area (Å²) in [5, 5.41) is 19.5. The van der Waals surface area contributed by atoms with E-state index in [-0.39, 0.29) is 10.6 Å². The van der Waals surface area contributed by atoms with Crippen molar-refractivity contribution in [3.8, 4) is 5.75 Å². The van der Waals surface area contributed by atoms with Gasteiger partial charge in [-0.15, -0.1) is 0 Å². The largest absolute Gasteiger partial charge is 0.508 e. The van der Waals surface area contributed by atoms with Gasteiger partial charge in [0.15, 0.2) is 0 Å². The SMILES string of the molecule is Cc1c(O)ccc2cc(S(=O)(=O)NCC(=O)O)ccc12. The molecular formula is C13H13NO5S. The Kier molecular flexibility index (Phi) is 3.65. The molecule has 2 aromatic carbocycles. The van der Waals surface area contributed by atoms with Crippen LogP contribution in [0, 0.1) is 6.92 Å². The number of carbonyl (C=O) groups is 1. The minimum Gasteiger partial charge on any atom is -0.508 e. The van der Waals surface area contributed by atoms with Crippen LogP contribution in [0.5, 0.6) is 5.75 Å². The fraction of sp³-hybridized carbons (Fsp3) is 0.154. The highest BCUT2D eigenvalue weighted by Gasteiger charge is 2.16. The predicted molar refractivity (Wildman–Crippen MR) is 73.2 cm³/mol. The molecule has 0 bridgehead atoms. The van der Waals surface area contributed by atoms with Gasteiger partial charge in [0.05, 0.1) is 4.90 Å². The molecule has 106 valence electrons. The first kappa shape index (κ1) is 14.3. The molecule has 0 saturated carbocycles. The van der Waals surface area contributed by atoms with Crippen LogP contribution in [0.1, 0.15) is 5.56 Å². The van der Waals surface area contributed by atoms with Crippen LogP contribution in [-0.2, 0) is 14.8 Å². The van der Waals surface area contributed by atoms with Crippen molar-refractivity contribution in [1.29, 1.82) is 0 Å². The van der Waals surface area contributed by atoms with Crippen LogP contribution in [0.3, 0.4) is 0 Å². The van der Waals surface area contributed by atoms with Crippen LogP contribution in [0.4, 0.5) is 0 Å². The predicted octanol–water partition coefficient (Wildman–Crippen LogP) is 1.22. The van der Waals surface area contributed by atoms with E-state index in [0.717, 1.165) is 5.39 Å². The molecule has 7 heteroatoms. The summed E-state index contributed by atoms with van der Waals surface area (Å²) >= 11 is 0. The van der Waals surface area contributed by atoms with Crippen molar-refractivity contribution in [2.75, 3.05) is 6.54 Å². The molecule has 0 spiro atoms. The number of aryl methyl sites for hydroxylation is 1. The number of hydrogen-bond donors (Lipinski definition) is 3. The molecule has 0 fully saturated rings. The maximum Gasteiger partial charge on any atom is 0.318 e. The van der Waals surface area contributed by atoms with E-state index in [2.05, 4.69) is 0 Å². The minimum atomic E-state index is -3.86. The highest BCUT2D eigenvalue weighted by molar-refractivity contribution is 7.89. The summed E-state index contributed by atoms with van der Waals surface area (Å²) < 4.78 is 25.8. The summed E-state index contributed by atoms with van der Waals surface area (Å²) in [7, 11) is -3.86. The summed E-state index contributed by atoms with van der Waals surface area (Å²) in [6.45, 7) is 1.06. The number of hydrogen-bond acceptors (Lipinski definition) is 4. The zero-order valence-corrected chi connectivity index (χ0v) is 11.4. The number of nitrogens with one attached hydrogen (secondary N) is 1. The fourth-order valence-corrected chi connectivity index (χ4v) is 2.87. The number of benzene rings is 2. The third-order valence-electron chi connectivity index (χ3n) is 2.96. The second kappa shape index (κ2) is 5.10. The van der Waals surface area contributed by atoms with E-state index in [4.69, 9.17) is 5.11 Å². The quantitative estimate of drug-likeness (QED) is 0.786. The van der Waals surface area contributed by atoms with E-state index in [0.29, 0.717) is 10.9 Å². The van der Waals surface area contributed by atoms with Gasteiger partial charge in [-0.3, -0.25) is 4.79 Å². The van der Waals surface area contributed by atoms with Crippen molar-refractivity contribution in [1.82, 2.24) is 4.72 Å². The Morgan fingerprint density at radius 2 is 1.95 bits per heavy atom. The molecule has 0 aliphatic rings. The Morgan fingerprint density at radius 3 is 2.60 bits per heavy atom. The first-order valence-electron chi connectivity index (χ1n) is 5.75. The zero-order valence-electron chi connectivity index (χ0n) is 10.6. The average molecular weight is 295 g/mol. The molecule has 0 saturated heterocycles. The molecule has 0 aromatic heterocycles. The van der Waals surface area contributed by atoms with E-state index in [1.165, 1.54) is 18.2 Å². The third kappa shape index (κ3) is 2.73. The Balaban J connectivity index is 2.47. The number of carboxylic acid groups (broad SMARTS) is 1. The molecule has 0 radical (unpaired) electrons. The molecule has 3 N–H and O–H groups in total. The van der Waals surface area contributed by atoms with Crippen LogP contribution in [0.25, 0.3) is 10.8 Å². The number of phenols is 1. The van der Waals surface area contributed by atoms with Crippen LogP contribution in [0.2, 0.25) is 0 Å². The van der Waals surface area contributed by atoms with Crippen molar-refractivity contribution in [2.24, 2.45) is 0 Å². The summed E-state index contributed by atoms with van der Waals surface area (Å²) in [5.41, 5.74) is 0.657. The molecular weight excluding hydrogens is 282 g/mol. The Morgan fingerprint density at radius 1 is 1.25 bits per heavy atom. The van der Waals surface area contributed by atoms with Crippen LogP contribution in [0.15, 0.2) is 35.2 Å². The number of aliphatic carboxylic acids is 1. The molecule has 20 heavy (non-hydrogen) atoms. The van der Waals surface area contributed by atoms with E-state index in [1.807, 2.05) is 4.72 Å². The molecule has 0 aliphatic heterocycles. The maximum atomic E-state index is 11.9. The lowest BCUT2D eigenvalue weighted by Crippen LogP contribution is -2.29. The fourth-order valence-electron chi connectivity index (χ4n) is 1.86. The Hall–Kier alpha value is -2.12. The van der Waals surface area contributed by atoms with Crippen LogP contribution in [-0.4, -0.2) is 31.1 Å². The second-order valence-corrected chi connectivity index (χ2v) is 6.08. The highest BCUT2D eigenvalue weighted by Crippen LogP contribution is 2.27. The van der Waals surface area contributed by atoms with Gasteiger partial charge in [0, 0.05) is 0 Å². The van der Waals surface area contributed by atoms with Gasteiger partial charge in [0.2, 0.25) is 10.0 Å². The van der Waals surface area contributed by atoms with Crippen LogP contribution >= 0.6 is 0 Å². The van der Waals surface area contributed by atoms with Gasteiger partial charge in [-0.2, -0.15) is 4.72 Å². The van der Waals surface area contributed by atoms with E-state index in [1.54, 1.807) is 19.1 Å². The smallest absolute Gasteiger partial charge is 0.318 e. The molecule has 0 heterocycles. The molecule has 0 amide bonds. The summed E-state index contributed by atoms with van der Waals surface area (Å²) in [6.07, 6.45) is 0. The van der Waals surface area contributed by atoms with Gasteiger partial charge in [-0.1, -0.05) is 12.1 Å². The van der Waals surface area contributed by atoms with E-state index >= 15 is 0 Å². The van der Waals surface area contributed by atoms with E-state index < -0.39 is 22.5 Å². The van der Waals surface area contributed by atoms with Gasteiger partial charge >= 0.3 is 5.97 Å². The first-order chi connectivity index (χ1) is 9.31. The van der Waals surface area contributed by atoms with Crippen LogP contribution < -0.4 is 4.72 Å². The summed E-state index contributed by atoms with van der Waals surface area (Å²) in [6, 6.07) is 7.48. The molecule has 0 atom stereocenters. The molecule has 6 nitrogen and oxygen atoms in total. The van der Waals surface area contributed by atoms with Crippen molar-refractivity contribution >= 4 is 26.8 Å². The van der Waals surface area contributed by atoms with Crippen molar-refractivity contribution in [3.05, 3.63) is 35.9 Å². The lowest BCUT2D eigenvalue weighted by Gasteiger charge is -2.08. The van der Waals surface area contributed by atoms with Gasteiger partial charge in [0.1, 0.15) is 12.3 Å². The maximum absolute atomic E-state index is 11.9. The Bertz CT molecular complexity index is 783. The number of fused-ring (bicyclic) bond motifs is 1. The standard InChI is InChI=1S/C13H13NO5S/c1-8-11-4-3-10(6-9(11)2-5-12(8)15)20(18,19)14-7-13(16)17/h2-6,14-15H,7H2,1H3,(H,16,17). The normalized spacial score (nSPS) is 11.7. The lowest BCUT2D eigenvalue weighted by molar-refractivity contribution is -0.135. The minimum absolute atomic E-state index is 0.0173. The number of rotatable bonds is 4. The van der Waals surface area contributed by atoms with Gasteiger partial charge in [-0.05, 0) is 41.5 Å². The highest BCUT2D eigenvalue weighted by atomic mass is 32.2. The second-order valence-electron chi connectivity index (χ2n) is 4.31. The third-order valence-corrected chi connectivity index (χ3v) is 4.35. The average Bonchev–Trinajstić information content (AvgIpc) is 2.40. The van der Waals surface area contributed by atoms with E-state index in [9.17, 15) is 18.3 Å². The number of phenolic OH excluding ortho intramolecular Hbond substituents is 1. The van der Waals surface area contributed by atoms with Gasteiger partial charge in [-0.25, -0.2) is 8.42 Å². The topological polar surface area (TPSA) is 104 Å². The van der Waals surface area contributed by atoms with Gasteiger partial charge in [0.25, 0.3) is 0 Å². The monoisotopic (exact) mass is 295 g/mol. The number of carboxylic acids is 1. The van der Waals surface area contributed by atoms with Crippen molar-refractivity contribution in [2.45, 2.75) is 11.8 Å². The molecule has 0 unspecified atom stereocenters. The zero-order chi connectivity index (χ0) is 14.9. The number of aromatic hydroxyl groups is 1. The number of sulfonamides is 1. The molecule has 0 aliphatic carbocycles. The molecule has 2 rings (SSSR count). The lowest BCUT2D eigenvalue weighted by atomic mass is 10.1. The van der Waals surface area contributed by atoms with Crippen molar-refractivity contribution in [3.63, 3.8) is 0 Å². The van der Waals surface area contributed by atoms with Crippen molar-refractivity contribution < 1.29 is 23.4 Å². The Labute approximate surface area is 115 Å². The summed E-state index contributed by atoms with van der Waals surface area (Å²) in [4.78, 5) is 10.4. The van der Waals surface area contributed by atoms with Gasteiger partial charge < -0.3 is 10.2 Å². The molecule has 2 aromatic rings. The summed E-state index contributed by atoms with van der Waals surface area (Å²) in [5.74, 6) is -1.12. The first-order valence-corrected chi connectivity index (χ1v) is 7.23.